The fourth-order valence-corrected chi connectivity index (χ4v) is 3.98. The van der Waals surface area contributed by atoms with Crippen molar-refractivity contribution in [2.75, 3.05) is 7.11 Å². The van der Waals surface area contributed by atoms with Crippen molar-refractivity contribution < 1.29 is 4.74 Å². The minimum Gasteiger partial charge on any atom is -0.494 e. The van der Waals surface area contributed by atoms with Crippen LogP contribution >= 0.6 is 11.6 Å². The highest BCUT2D eigenvalue weighted by molar-refractivity contribution is 6.30. The number of aromatic amines is 1. The van der Waals surface area contributed by atoms with Gasteiger partial charge in [0.25, 0.3) is 11.1 Å². The van der Waals surface area contributed by atoms with Gasteiger partial charge in [-0.3, -0.25) is 24.7 Å². The van der Waals surface area contributed by atoms with E-state index < -0.39 is 0 Å². The fraction of sp³-hybridized carbons (Fsp3) is 0.0833. The molecule has 33 heavy (non-hydrogen) atoms. The number of nitrogens with zero attached hydrogens (tertiary/aromatic N) is 4. The largest absolute Gasteiger partial charge is 0.494 e. The maximum absolute atomic E-state index is 13.7. The highest BCUT2D eigenvalue weighted by Crippen LogP contribution is 2.28. The van der Waals surface area contributed by atoms with Gasteiger partial charge in [-0.1, -0.05) is 35.9 Å². The van der Waals surface area contributed by atoms with Gasteiger partial charge in [-0.15, -0.1) is 0 Å². The molecule has 3 aromatic heterocycles. The van der Waals surface area contributed by atoms with Gasteiger partial charge in [-0.2, -0.15) is 0 Å². The van der Waals surface area contributed by atoms with E-state index in [1.807, 2.05) is 12.1 Å². The first-order valence-corrected chi connectivity index (χ1v) is 10.5. The van der Waals surface area contributed by atoms with Crippen molar-refractivity contribution in [3.63, 3.8) is 0 Å². The molecule has 164 valence electrons. The van der Waals surface area contributed by atoms with Crippen LogP contribution in [-0.4, -0.2) is 31.4 Å². The first-order valence-electron chi connectivity index (χ1n) is 10.1. The standard InChI is InChI=1S/C24H18ClN5O3/c1-33-20-5-3-2-4-19(20)30-24(32)22-18(28-30)12-21(31)29(14-17-13-26-10-11-27-17)23(22)15-6-8-16(25)9-7-15/h2-13,28H,14H2,1H3. The molecule has 0 fully saturated rings. The number of pyridine rings is 1. The van der Waals surface area contributed by atoms with Crippen molar-refractivity contribution in [1.29, 1.82) is 0 Å². The van der Waals surface area contributed by atoms with E-state index in [9.17, 15) is 9.59 Å². The number of hydrogen-bond acceptors (Lipinski definition) is 5. The molecule has 2 aromatic carbocycles. The summed E-state index contributed by atoms with van der Waals surface area (Å²) >= 11 is 6.09. The lowest BCUT2D eigenvalue weighted by Gasteiger charge is -2.13. The number of rotatable bonds is 5. The van der Waals surface area contributed by atoms with Crippen LogP contribution in [0.5, 0.6) is 5.75 Å². The Morgan fingerprint density at radius 2 is 1.85 bits per heavy atom. The number of methoxy groups -OCH3 is 1. The molecule has 0 aliphatic rings. The maximum atomic E-state index is 13.7. The second kappa shape index (κ2) is 8.40. The van der Waals surface area contributed by atoms with Crippen molar-refractivity contribution in [2.24, 2.45) is 0 Å². The molecule has 5 rings (SSSR count). The number of aromatic nitrogens is 5. The Kier molecular flexibility index (Phi) is 5.27. The first-order chi connectivity index (χ1) is 16.1. The molecule has 0 aliphatic heterocycles. The SMILES string of the molecule is COc1ccccc1-n1[nH]c2cc(=O)n(Cc3cnccn3)c(-c3ccc(Cl)cc3)c2c1=O. The van der Waals surface area contributed by atoms with Crippen LogP contribution < -0.4 is 15.9 Å². The van der Waals surface area contributed by atoms with E-state index in [1.165, 1.54) is 22.4 Å². The first kappa shape index (κ1) is 20.7. The highest BCUT2D eigenvalue weighted by Gasteiger charge is 2.21. The Morgan fingerprint density at radius 3 is 2.58 bits per heavy atom. The second-order valence-electron chi connectivity index (χ2n) is 7.33. The van der Waals surface area contributed by atoms with Gasteiger partial charge in [-0.05, 0) is 29.8 Å². The monoisotopic (exact) mass is 459 g/mol. The van der Waals surface area contributed by atoms with Crippen LogP contribution in [0.3, 0.4) is 0 Å². The van der Waals surface area contributed by atoms with Crippen LogP contribution in [0.25, 0.3) is 27.8 Å². The second-order valence-corrected chi connectivity index (χ2v) is 7.77. The van der Waals surface area contributed by atoms with Crippen molar-refractivity contribution in [3.8, 4) is 22.7 Å². The Hall–Kier alpha value is -4.17. The fourth-order valence-electron chi connectivity index (χ4n) is 3.86. The average molecular weight is 460 g/mol. The number of para-hydroxylation sites is 2. The van der Waals surface area contributed by atoms with Gasteiger partial charge in [-0.25, -0.2) is 4.68 Å². The normalized spacial score (nSPS) is 11.1. The summed E-state index contributed by atoms with van der Waals surface area (Å²) in [6.45, 7) is 0.153. The zero-order valence-corrected chi connectivity index (χ0v) is 18.3. The van der Waals surface area contributed by atoms with E-state index >= 15 is 0 Å². The summed E-state index contributed by atoms with van der Waals surface area (Å²) in [6.07, 6.45) is 4.71. The van der Waals surface area contributed by atoms with Gasteiger partial charge in [0.2, 0.25) is 0 Å². The van der Waals surface area contributed by atoms with Crippen molar-refractivity contribution in [1.82, 2.24) is 24.3 Å². The smallest absolute Gasteiger partial charge is 0.281 e. The van der Waals surface area contributed by atoms with E-state index in [0.29, 0.717) is 44.3 Å². The average Bonchev–Trinajstić information content (AvgIpc) is 3.16. The molecule has 0 atom stereocenters. The Balaban J connectivity index is 1.84. The highest BCUT2D eigenvalue weighted by atomic mass is 35.5. The third kappa shape index (κ3) is 3.70. The van der Waals surface area contributed by atoms with Gasteiger partial charge in [0.15, 0.2) is 0 Å². The summed E-state index contributed by atoms with van der Waals surface area (Å²) in [5, 5.41) is 3.98. The number of fused-ring (bicyclic) bond motifs is 1. The molecule has 0 saturated heterocycles. The molecular weight excluding hydrogens is 442 g/mol. The number of halogens is 1. The van der Waals surface area contributed by atoms with Gasteiger partial charge >= 0.3 is 0 Å². The molecule has 0 radical (unpaired) electrons. The molecule has 0 bridgehead atoms. The number of nitrogens with one attached hydrogen (secondary N) is 1. The topological polar surface area (TPSA) is 94.8 Å². The third-order valence-corrected chi connectivity index (χ3v) is 5.59. The van der Waals surface area contributed by atoms with Crippen LogP contribution in [0.15, 0.2) is 82.8 Å². The van der Waals surface area contributed by atoms with Crippen LogP contribution in [0.2, 0.25) is 5.02 Å². The van der Waals surface area contributed by atoms with Crippen LogP contribution in [0.1, 0.15) is 5.69 Å². The summed E-state index contributed by atoms with van der Waals surface area (Å²) in [4.78, 5) is 35.3. The molecule has 9 heteroatoms. The Morgan fingerprint density at radius 1 is 1.06 bits per heavy atom. The van der Waals surface area contributed by atoms with E-state index in [0.717, 1.165) is 0 Å². The maximum Gasteiger partial charge on any atom is 0.281 e. The lowest BCUT2D eigenvalue weighted by molar-refractivity contribution is 0.411. The van der Waals surface area contributed by atoms with Crippen molar-refractivity contribution >= 4 is 22.5 Å². The molecule has 0 spiro atoms. The summed E-state index contributed by atoms with van der Waals surface area (Å²) in [5.74, 6) is 0.522. The van der Waals surface area contributed by atoms with Crippen LogP contribution in [0, 0.1) is 0 Å². The quantitative estimate of drug-likeness (QED) is 0.433. The summed E-state index contributed by atoms with van der Waals surface area (Å²) in [5.41, 5.74) is 2.09. The molecule has 0 aliphatic carbocycles. The number of benzene rings is 2. The predicted octanol–water partition coefficient (Wildman–Crippen LogP) is 3.65. The Bertz CT molecular complexity index is 1570. The summed E-state index contributed by atoms with van der Waals surface area (Å²) in [7, 11) is 1.54. The van der Waals surface area contributed by atoms with Gasteiger partial charge < -0.3 is 9.30 Å². The zero-order chi connectivity index (χ0) is 22.9. The molecule has 1 N–H and O–H groups in total. The van der Waals surface area contributed by atoms with E-state index in [4.69, 9.17) is 16.3 Å². The molecule has 8 nitrogen and oxygen atoms in total. The zero-order valence-electron chi connectivity index (χ0n) is 17.5. The molecule has 5 aromatic rings. The van der Waals surface area contributed by atoms with Gasteiger partial charge in [0.1, 0.15) is 11.4 Å². The van der Waals surface area contributed by atoms with Crippen molar-refractivity contribution in [3.05, 3.63) is 105 Å². The minimum absolute atomic E-state index is 0.153. The summed E-state index contributed by atoms with van der Waals surface area (Å²) < 4.78 is 8.34. The number of hydrogen-bond donors (Lipinski definition) is 1. The van der Waals surface area contributed by atoms with E-state index in [1.54, 1.807) is 55.0 Å². The van der Waals surface area contributed by atoms with E-state index in [2.05, 4.69) is 15.1 Å². The molecule has 0 unspecified atom stereocenters. The molecule has 0 amide bonds. The number of ether oxygens (including phenoxy) is 1. The van der Waals surface area contributed by atoms with Gasteiger partial charge in [0, 0.05) is 23.5 Å². The van der Waals surface area contributed by atoms with Crippen LogP contribution in [0.4, 0.5) is 0 Å². The van der Waals surface area contributed by atoms with E-state index in [-0.39, 0.29) is 17.7 Å². The lowest BCUT2D eigenvalue weighted by Crippen LogP contribution is -2.24. The minimum atomic E-state index is -0.313. The Labute approximate surface area is 192 Å². The molecule has 0 saturated carbocycles. The van der Waals surface area contributed by atoms with Crippen molar-refractivity contribution in [2.45, 2.75) is 6.54 Å². The summed E-state index contributed by atoms with van der Waals surface area (Å²) in [6, 6.07) is 15.6. The predicted molar refractivity (Wildman–Crippen MR) is 126 cm³/mol. The van der Waals surface area contributed by atoms with Crippen LogP contribution in [-0.2, 0) is 6.54 Å². The van der Waals surface area contributed by atoms with Gasteiger partial charge in [0.05, 0.1) is 42.1 Å². The lowest BCUT2D eigenvalue weighted by atomic mass is 10.1. The third-order valence-electron chi connectivity index (χ3n) is 5.34. The number of H-pyrrole nitrogens is 1. The molecular formula is C24H18ClN5O3. The molecule has 3 heterocycles.